The third-order valence-electron chi connectivity index (χ3n) is 4.39. The highest BCUT2D eigenvalue weighted by molar-refractivity contribution is 7.11. The summed E-state index contributed by atoms with van der Waals surface area (Å²) in [6, 6.07) is 11.6. The number of halogens is 1. The van der Waals surface area contributed by atoms with Crippen molar-refractivity contribution in [2.24, 2.45) is 5.92 Å². The van der Waals surface area contributed by atoms with Crippen LogP contribution in [-0.2, 0) is 22.7 Å². The summed E-state index contributed by atoms with van der Waals surface area (Å²) >= 11 is 7.59. The number of thiophene rings is 1. The van der Waals surface area contributed by atoms with Crippen LogP contribution in [-0.4, -0.2) is 23.3 Å². The van der Waals surface area contributed by atoms with E-state index in [0.717, 1.165) is 10.4 Å². The number of hydrogen-bond donors (Lipinski definition) is 1. The van der Waals surface area contributed by atoms with E-state index in [1.54, 1.807) is 16.2 Å². The Hall–Kier alpha value is -1.85. The molecule has 0 spiro atoms. The average Bonchev–Trinajstić information content (AvgIpc) is 3.02. The molecule has 0 radical (unpaired) electrons. The molecule has 0 unspecified atom stereocenters. The fourth-order valence-corrected chi connectivity index (χ4v) is 3.95. The Morgan fingerprint density at radius 1 is 1.28 bits per heavy atom. The minimum Gasteiger partial charge on any atom is -0.351 e. The van der Waals surface area contributed by atoms with Crippen LogP contribution < -0.4 is 5.32 Å². The minimum atomic E-state index is -0.147. The van der Waals surface area contributed by atoms with Gasteiger partial charge in [-0.15, -0.1) is 11.3 Å². The largest absolute Gasteiger partial charge is 0.351 e. The van der Waals surface area contributed by atoms with Gasteiger partial charge in [0.2, 0.25) is 11.8 Å². The van der Waals surface area contributed by atoms with Crippen LogP contribution in [0.5, 0.6) is 0 Å². The summed E-state index contributed by atoms with van der Waals surface area (Å²) in [5, 5.41) is 3.68. The Bertz CT molecular complexity index is 757. The normalized spacial score (nSPS) is 17.6. The van der Waals surface area contributed by atoms with Gasteiger partial charge in [0.1, 0.15) is 0 Å². The van der Waals surface area contributed by atoms with E-state index in [2.05, 4.69) is 18.3 Å². The maximum absolute atomic E-state index is 12.5. The summed E-state index contributed by atoms with van der Waals surface area (Å²) in [6.07, 6.45) is 1.04. The first-order valence-electron chi connectivity index (χ1n) is 8.36. The monoisotopic (exact) mass is 376 g/mol. The zero-order valence-corrected chi connectivity index (χ0v) is 15.7. The van der Waals surface area contributed by atoms with Gasteiger partial charge in [0.25, 0.3) is 0 Å². The lowest BCUT2D eigenvalue weighted by molar-refractivity contribution is -0.138. The highest BCUT2D eigenvalue weighted by Gasteiger charge is 2.30. The fraction of sp³-hybridized carbons (Fsp3) is 0.368. The molecule has 1 fully saturated rings. The van der Waals surface area contributed by atoms with Gasteiger partial charge in [-0.2, -0.15) is 0 Å². The van der Waals surface area contributed by atoms with Crippen molar-refractivity contribution in [3.63, 3.8) is 0 Å². The molecule has 2 aromatic rings. The van der Waals surface area contributed by atoms with Crippen molar-refractivity contribution in [2.45, 2.75) is 32.9 Å². The number of nitrogens with zero attached hydrogens (tertiary/aromatic N) is 1. The van der Waals surface area contributed by atoms with Crippen LogP contribution in [0.3, 0.4) is 0 Å². The van der Waals surface area contributed by atoms with Gasteiger partial charge in [0.15, 0.2) is 0 Å². The molecule has 1 aliphatic heterocycles. The summed E-state index contributed by atoms with van der Waals surface area (Å²) in [5.41, 5.74) is 1.02. The molecule has 0 aliphatic carbocycles. The Kier molecular flexibility index (Phi) is 5.76. The smallest absolute Gasteiger partial charge is 0.225 e. The number of amides is 2. The molecular formula is C19H21ClN2O2S. The molecule has 1 aromatic carbocycles. The maximum atomic E-state index is 12.5. The zero-order valence-electron chi connectivity index (χ0n) is 14.1. The standard InChI is InChI=1S/C19H21ClN2O2S/c1-13-2-8-17(25-13)10-21-19(24)15-5-9-18(23)22(12-15)11-14-3-6-16(20)7-4-14/h2-4,6-8,15H,5,9-12H2,1H3,(H,21,24)/t15-/m0/s1. The lowest BCUT2D eigenvalue weighted by atomic mass is 9.96. The van der Waals surface area contributed by atoms with Crippen LogP contribution >= 0.6 is 22.9 Å². The molecule has 4 nitrogen and oxygen atoms in total. The minimum absolute atomic E-state index is 0.0275. The highest BCUT2D eigenvalue weighted by atomic mass is 35.5. The van der Waals surface area contributed by atoms with Gasteiger partial charge in [-0.25, -0.2) is 0 Å². The molecule has 1 saturated heterocycles. The van der Waals surface area contributed by atoms with Crippen LogP contribution in [0.2, 0.25) is 5.02 Å². The molecule has 132 valence electrons. The number of carbonyl (C=O) groups excluding carboxylic acids is 2. The molecule has 2 amide bonds. The van der Waals surface area contributed by atoms with E-state index >= 15 is 0 Å². The van der Waals surface area contributed by atoms with Crippen molar-refractivity contribution >= 4 is 34.8 Å². The van der Waals surface area contributed by atoms with E-state index in [9.17, 15) is 9.59 Å². The van der Waals surface area contributed by atoms with Gasteiger partial charge >= 0.3 is 0 Å². The van der Waals surface area contributed by atoms with Crippen LogP contribution in [0.4, 0.5) is 0 Å². The average molecular weight is 377 g/mol. The molecule has 3 rings (SSSR count). The van der Waals surface area contributed by atoms with Crippen molar-refractivity contribution in [1.29, 1.82) is 0 Å². The summed E-state index contributed by atoms with van der Waals surface area (Å²) in [4.78, 5) is 28.8. The number of rotatable bonds is 5. The van der Waals surface area contributed by atoms with Crippen molar-refractivity contribution in [2.75, 3.05) is 6.54 Å². The molecule has 1 aromatic heterocycles. The van der Waals surface area contributed by atoms with Gasteiger partial charge < -0.3 is 10.2 Å². The molecule has 25 heavy (non-hydrogen) atoms. The van der Waals surface area contributed by atoms with Gasteiger partial charge in [-0.05, 0) is 43.2 Å². The Labute approximate surface area is 156 Å². The predicted molar refractivity (Wildman–Crippen MR) is 100 cm³/mol. The second-order valence-electron chi connectivity index (χ2n) is 6.37. The third kappa shape index (κ3) is 4.83. The van der Waals surface area contributed by atoms with Crippen LogP contribution in [0.25, 0.3) is 0 Å². The summed E-state index contributed by atoms with van der Waals surface area (Å²) in [7, 11) is 0. The topological polar surface area (TPSA) is 49.4 Å². The molecule has 6 heteroatoms. The number of aryl methyl sites for hydroxylation is 1. The van der Waals surface area contributed by atoms with Crippen LogP contribution in [0.1, 0.15) is 28.2 Å². The molecule has 1 aliphatic rings. The Morgan fingerprint density at radius 3 is 2.72 bits per heavy atom. The van der Waals surface area contributed by atoms with E-state index in [-0.39, 0.29) is 17.7 Å². The molecule has 2 heterocycles. The molecule has 0 saturated carbocycles. The first-order chi connectivity index (χ1) is 12.0. The molecule has 1 atom stereocenters. The quantitative estimate of drug-likeness (QED) is 0.863. The Morgan fingerprint density at radius 2 is 2.04 bits per heavy atom. The summed E-state index contributed by atoms with van der Waals surface area (Å²) in [6.45, 7) is 3.59. The lowest BCUT2D eigenvalue weighted by Crippen LogP contribution is -2.45. The lowest BCUT2D eigenvalue weighted by Gasteiger charge is -2.32. The van der Waals surface area contributed by atoms with Crippen molar-refractivity contribution < 1.29 is 9.59 Å². The number of benzene rings is 1. The van der Waals surface area contributed by atoms with Gasteiger partial charge in [-0.3, -0.25) is 9.59 Å². The summed E-state index contributed by atoms with van der Waals surface area (Å²) < 4.78 is 0. The maximum Gasteiger partial charge on any atom is 0.225 e. The Balaban J connectivity index is 1.56. The highest BCUT2D eigenvalue weighted by Crippen LogP contribution is 2.21. The second-order valence-corrected chi connectivity index (χ2v) is 8.18. The van der Waals surface area contributed by atoms with Crippen LogP contribution in [0.15, 0.2) is 36.4 Å². The molecular weight excluding hydrogens is 356 g/mol. The number of nitrogens with one attached hydrogen (secondary N) is 1. The van der Waals surface area contributed by atoms with E-state index in [1.165, 1.54) is 4.88 Å². The molecule has 1 N–H and O–H groups in total. The van der Waals surface area contributed by atoms with Crippen molar-refractivity contribution in [1.82, 2.24) is 10.2 Å². The first kappa shape index (κ1) is 18.0. The van der Waals surface area contributed by atoms with Crippen LogP contribution in [0, 0.1) is 12.8 Å². The van der Waals surface area contributed by atoms with E-state index in [4.69, 9.17) is 11.6 Å². The number of piperidine rings is 1. The number of hydrogen-bond acceptors (Lipinski definition) is 3. The van der Waals surface area contributed by atoms with Gasteiger partial charge in [0, 0.05) is 34.3 Å². The second kappa shape index (κ2) is 8.02. The third-order valence-corrected chi connectivity index (χ3v) is 5.64. The fourth-order valence-electron chi connectivity index (χ4n) is 2.99. The SMILES string of the molecule is Cc1ccc(CNC(=O)[C@H]2CCC(=O)N(Cc3ccc(Cl)cc3)C2)s1. The van der Waals surface area contributed by atoms with E-state index in [0.29, 0.717) is 37.5 Å². The summed E-state index contributed by atoms with van der Waals surface area (Å²) in [5.74, 6) is -0.0152. The van der Waals surface area contributed by atoms with Gasteiger partial charge in [-0.1, -0.05) is 23.7 Å². The van der Waals surface area contributed by atoms with Gasteiger partial charge in [0.05, 0.1) is 12.5 Å². The van der Waals surface area contributed by atoms with E-state index in [1.807, 2.05) is 30.3 Å². The zero-order chi connectivity index (χ0) is 17.8. The number of likely N-dealkylation sites (tertiary alicyclic amines) is 1. The first-order valence-corrected chi connectivity index (χ1v) is 9.56. The predicted octanol–water partition coefficient (Wildman–Crippen LogP) is 3.76. The van der Waals surface area contributed by atoms with E-state index < -0.39 is 0 Å². The number of carbonyl (C=O) groups is 2. The molecule has 0 bridgehead atoms. The van der Waals surface area contributed by atoms with Crippen molar-refractivity contribution in [3.05, 3.63) is 56.7 Å². The van der Waals surface area contributed by atoms with Crippen molar-refractivity contribution in [3.8, 4) is 0 Å².